The number of likely N-dealkylation sites (N-methyl/N-ethyl adjacent to an activating group) is 2. The van der Waals surface area contributed by atoms with E-state index in [0.29, 0.717) is 56.2 Å². The molecule has 0 saturated carbocycles. The van der Waals surface area contributed by atoms with Gasteiger partial charge in [-0.25, -0.2) is 8.42 Å². The fourth-order valence-electron chi connectivity index (χ4n) is 5.18. The number of rotatable bonds is 7. The Morgan fingerprint density at radius 1 is 1.10 bits per heavy atom. The van der Waals surface area contributed by atoms with Gasteiger partial charge < -0.3 is 19.1 Å². The van der Waals surface area contributed by atoms with E-state index in [1.807, 2.05) is 42.8 Å². The number of carbonyl (C=O) groups excluding carboxylic acids is 2. The average Bonchev–Trinajstić information content (AvgIpc) is 3.38. The van der Waals surface area contributed by atoms with Crippen LogP contribution in [0.1, 0.15) is 25.0 Å². The average molecular weight is 616 g/mol. The van der Waals surface area contributed by atoms with Crippen LogP contribution < -0.4 is 4.90 Å². The molecular formula is C28H31BrN4O5S. The molecule has 9 nitrogen and oxygen atoms in total. The van der Waals surface area contributed by atoms with Crippen LogP contribution in [0.5, 0.6) is 0 Å². The summed E-state index contributed by atoms with van der Waals surface area (Å²) < 4.78 is 36.2. The summed E-state index contributed by atoms with van der Waals surface area (Å²) >= 11 is 3.54. The zero-order valence-electron chi connectivity index (χ0n) is 22.2. The Morgan fingerprint density at radius 3 is 2.51 bits per heavy atom. The van der Waals surface area contributed by atoms with Gasteiger partial charge in [-0.3, -0.25) is 9.59 Å². The van der Waals surface area contributed by atoms with Gasteiger partial charge in [-0.2, -0.15) is 4.31 Å². The van der Waals surface area contributed by atoms with E-state index >= 15 is 0 Å². The van der Waals surface area contributed by atoms with Crippen LogP contribution in [0.2, 0.25) is 0 Å². The maximum atomic E-state index is 13.4. The molecule has 2 aliphatic rings. The lowest BCUT2D eigenvalue weighted by atomic mass is 10.0. The summed E-state index contributed by atoms with van der Waals surface area (Å²) in [5.41, 5.74) is 3.25. The van der Waals surface area contributed by atoms with E-state index in [0.717, 1.165) is 20.9 Å². The predicted molar refractivity (Wildman–Crippen MR) is 155 cm³/mol. The molecule has 0 radical (unpaired) electrons. The highest BCUT2D eigenvalue weighted by atomic mass is 79.9. The minimum absolute atomic E-state index is 0.0130. The molecule has 0 aliphatic carbocycles. The molecule has 0 bridgehead atoms. The van der Waals surface area contributed by atoms with E-state index < -0.39 is 10.0 Å². The number of hydrogen-bond acceptors (Lipinski definition) is 5. The van der Waals surface area contributed by atoms with E-state index in [9.17, 15) is 18.0 Å². The van der Waals surface area contributed by atoms with E-state index in [1.165, 1.54) is 9.21 Å². The molecule has 5 rings (SSSR count). The maximum absolute atomic E-state index is 13.4. The first kappa shape index (κ1) is 27.6. The third-order valence-corrected chi connectivity index (χ3v) is 9.75. The number of fused-ring (bicyclic) bond motifs is 2. The highest BCUT2D eigenvalue weighted by Gasteiger charge is 2.33. The summed E-state index contributed by atoms with van der Waals surface area (Å²) in [6, 6.07) is 10.7. The number of benzene rings is 2. The van der Waals surface area contributed by atoms with Crippen molar-refractivity contribution in [1.82, 2.24) is 13.8 Å². The molecule has 3 aromatic rings. The predicted octanol–water partition coefficient (Wildman–Crippen LogP) is 3.81. The molecule has 0 unspecified atom stereocenters. The van der Waals surface area contributed by atoms with Crippen LogP contribution in [0, 0.1) is 0 Å². The summed E-state index contributed by atoms with van der Waals surface area (Å²) in [4.78, 5) is 29.8. The van der Waals surface area contributed by atoms with Crippen LogP contribution >= 0.6 is 15.9 Å². The van der Waals surface area contributed by atoms with E-state index in [2.05, 4.69) is 15.9 Å². The second kappa shape index (κ2) is 10.9. The Balaban J connectivity index is 1.60. The van der Waals surface area contributed by atoms with Crippen LogP contribution in [0.15, 0.2) is 52.0 Å². The molecule has 206 valence electrons. The van der Waals surface area contributed by atoms with Crippen molar-refractivity contribution in [2.45, 2.75) is 25.3 Å². The Bertz CT molecular complexity index is 1590. The number of aromatic nitrogens is 1. The van der Waals surface area contributed by atoms with Crippen molar-refractivity contribution in [2.75, 3.05) is 51.3 Å². The van der Waals surface area contributed by atoms with Crippen LogP contribution in [-0.2, 0) is 30.9 Å². The SMILES string of the molecule is CCN(CC)C(=O)Cn1cc(/C=C2\C(=O)N(C)c3ccc(S(=O)(=O)N4CCOCC4)cc32)c2cc(Br)ccc21. The van der Waals surface area contributed by atoms with E-state index in [4.69, 9.17) is 4.74 Å². The van der Waals surface area contributed by atoms with Crippen LogP contribution in [0.25, 0.3) is 22.6 Å². The number of amides is 2. The molecule has 3 heterocycles. The highest BCUT2D eigenvalue weighted by Crippen LogP contribution is 2.40. The first-order chi connectivity index (χ1) is 18.6. The Kier molecular flexibility index (Phi) is 7.69. The van der Waals surface area contributed by atoms with Gasteiger partial charge in [-0.15, -0.1) is 0 Å². The zero-order chi connectivity index (χ0) is 27.9. The normalized spacial score (nSPS) is 17.3. The quantitative estimate of drug-likeness (QED) is 0.377. The molecule has 2 aliphatic heterocycles. The lowest BCUT2D eigenvalue weighted by Gasteiger charge is -2.26. The van der Waals surface area contributed by atoms with Crippen molar-refractivity contribution in [3.05, 3.63) is 58.2 Å². The molecule has 2 aromatic carbocycles. The Hall–Kier alpha value is -2.99. The lowest BCUT2D eigenvalue weighted by molar-refractivity contribution is -0.131. The van der Waals surface area contributed by atoms with Crippen molar-refractivity contribution < 1.29 is 22.7 Å². The number of hydrogen-bond donors (Lipinski definition) is 0. The summed E-state index contributed by atoms with van der Waals surface area (Å²) in [5, 5.41) is 0.880. The summed E-state index contributed by atoms with van der Waals surface area (Å²) in [7, 11) is -2.05. The van der Waals surface area contributed by atoms with E-state index in [-0.39, 0.29) is 23.3 Å². The highest BCUT2D eigenvalue weighted by molar-refractivity contribution is 9.10. The number of morpholine rings is 1. The Morgan fingerprint density at radius 2 is 1.82 bits per heavy atom. The van der Waals surface area contributed by atoms with E-state index in [1.54, 1.807) is 36.2 Å². The minimum atomic E-state index is -3.73. The first-order valence-corrected chi connectivity index (χ1v) is 15.2. The van der Waals surface area contributed by atoms with Gasteiger partial charge in [-0.05, 0) is 56.3 Å². The Labute approximate surface area is 236 Å². The molecule has 1 aromatic heterocycles. The molecular weight excluding hydrogens is 584 g/mol. The first-order valence-electron chi connectivity index (χ1n) is 12.9. The van der Waals surface area contributed by atoms with Crippen molar-refractivity contribution in [3.8, 4) is 0 Å². The van der Waals surface area contributed by atoms with Crippen molar-refractivity contribution in [1.29, 1.82) is 0 Å². The fraction of sp³-hybridized carbons (Fsp3) is 0.357. The van der Waals surface area contributed by atoms with Gasteiger partial charge in [0.05, 0.1) is 23.8 Å². The number of nitrogens with zero attached hydrogens (tertiary/aromatic N) is 4. The third-order valence-electron chi connectivity index (χ3n) is 7.36. The monoisotopic (exact) mass is 614 g/mol. The number of anilines is 1. The number of ether oxygens (including phenoxy) is 1. The smallest absolute Gasteiger partial charge is 0.258 e. The van der Waals surface area contributed by atoms with Crippen LogP contribution in [0.4, 0.5) is 5.69 Å². The molecule has 39 heavy (non-hydrogen) atoms. The summed E-state index contributed by atoms with van der Waals surface area (Å²) in [5.74, 6) is -0.208. The van der Waals surface area contributed by atoms with Gasteiger partial charge in [0, 0.05) is 71.5 Å². The van der Waals surface area contributed by atoms with Crippen molar-refractivity contribution >= 4 is 66.0 Å². The number of sulfonamides is 1. The molecule has 0 N–H and O–H groups in total. The third kappa shape index (κ3) is 5.04. The maximum Gasteiger partial charge on any atom is 0.258 e. The fourth-order valence-corrected chi connectivity index (χ4v) is 6.98. The van der Waals surface area contributed by atoms with Gasteiger partial charge in [0.1, 0.15) is 6.54 Å². The van der Waals surface area contributed by atoms with Crippen LogP contribution in [-0.4, -0.2) is 80.4 Å². The standard InChI is InChI=1S/C28H31BrN4O5S/c1-4-31(5-2)27(34)18-32-17-19(22-15-20(29)6-8-26(22)32)14-24-23-16-21(7-9-25(23)30(3)28(24)35)39(36,37)33-10-12-38-13-11-33/h6-9,14-17H,4-5,10-13,18H2,1-3H3/b24-14-. The van der Waals surface area contributed by atoms with Gasteiger partial charge in [0.15, 0.2) is 0 Å². The molecule has 2 amide bonds. The topological polar surface area (TPSA) is 92.2 Å². The second-order valence-corrected chi connectivity index (χ2v) is 12.4. The largest absolute Gasteiger partial charge is 0.379 e. The lowest BCUT2D eigenvalue weighted by Crippen LogP contribution is -2.40. The summed E-state index contributed by atoms with van der Waals surface area (Å²) in [6.45, 7) is 6.64. The van der Waals surface area contributed by atoms with Gasteiger partial charge >= 0.3 is 0 Å². The molecule has 1 saturated heterocycles. The molecule has 0 spiro atoms. The van der Waals surface area contributed by atoms with Crippen molar-refractivity contribution in [3.63, 3.8) is 0 Å². The van der Waals surface area contributed by atoms with Crippen molar-refractivity contribution in [2.24, 2.45) is 0 Å². The minimum Gasteiger partial charge on any atom is -0.379 e. The van der Waals surface area contributed by atoms with Crippen LogP contribution in [0.3, 0.4) is 0 Å². The summed E-state index contributed by atoms with van der Waals surface area (Å²) in [6.07, 6.45) is 3.67. The number of halogens is 1. The number of carbonyl (C=O) groups is 2. The molecule has 0 atom stereocenters. The van der Waals surface area contributed by atoms with Gasteiger partial charge in [0.25, 0.3) is 5.91 Å². The van der Waals surface area contributed by atoms with Gasteiger partial charge in [-0.1, -0.05) is 15.9 Å². The van der Waals surface area contributed by atoms with Gasteiger partial charge in [0.2, 0.25) is 15.9 Å². The zero-order valence-corrected chi connectivity index (χ0v) is 24.6. The second-order valence-electron chi connectivity index (χ2n) is 9.56. The molecule has 11 heteroatoms. The molecule has 1 fully saturated rings.